The highest BCUT2D eigenvalue weighted by Gasteiger charge is 2.38. The largest absolute Gasteiger partial charge is 0.490 e. The van der Waals surface area contributed by atoms with E-state index >= 15 is 0 Å². The van der Waals surface area contributed by atoms with E-state index in [2.05, 4.69) is 5.10 Å². The number of aromatic nitrogens is 2. The van der Waals surface area contributed by atoms with Crippen molar-refractivity contribution in [3.8, 4) is 0 Å². The predicted molar refractivity (Wildman–Crippen MR) is 48.0 cm³/mol. The third kappa shape index (κ3) is 4.81. The van der Waals surface area contributed by atoms with E-state index in [1.54, 1.807) is 7.05 Å². The molecule has 1 aromatic heterocycles. The molecule has 0 amide bonds. The van der Waals surface area contributed by atoms with Crippen LogP contribution in [0.3, 0.4) is 0 Å². The third-order valence-corrected chi connectivity index (χ3v) is 1.25. The van der Waals surface area contributed by atoms with Gasteiger partial charge in [0.05, 0.1) is 18.3 Å². The van der Waals surface area contributed by atoms with Crippen LogP contribution in [0.2, 0.25) is 0 Å². The standard InChI is InChI=1S/C4H6N4O2.C2HF3O2/c1-7-2-3(5)4(6-7)8(9)10;3-2(4,5)1(6)7/h2H,5H2,1H3;(H,6,7). The Balaban J connectivity index is 0.000000325. The number of aliphatic carboxylic acids is 1. The molecule has 8 nitrogen and oxygen atoms in total. The average molecular weight is 256 g/mol. The molecule has 0 aliphatic rings. The first-order valence-electron chi connectivity index (χ1n) is 3.79. The fraction of sp³-hybridized carbons (Fsp3) is 0.333. The Hall–Kier alpha value is -2.33. The van der Waals surface area contributed by atoms with Gasteiger partial charge in [-0.25, -0.2) is 4.79 Å². The molecule has 0 atom stereocenters. The number of nitro groups is 1. The summed E-state index contributed by atoms with van der Waals surface area (Å²) >= 11 is 0. The number of carbonyl (C=O) groups is 1. The molecule has 0 radical (unpaired) electrons. The molecule has 1 aromatic rings. The molecule has 0 aromatic carbocycles. The van der Waals surface area contributed by atoms with E-state index in [0.29, 0.717) is 0 Å². The van der Waals surface area contributed by atoms with Crippen molar-refractivity contribution in [2.45, 2.75) is 6.18 Å². The van der Waals surface area contributed by atoms with Crippen molar-refractivity contribution in [1.82, 2.24) is 9.78 Å². The Morgan fingerprint density at radius 2 is 2.06 bits per heavy atom. The molecule has 1 rings (SSSR count). The van der Waals surface area contributed by atoms with Gasteiger partial charge < -0.3 is 21.0 Å². The van der Waals surface area contributed by atoms with Gasteiger partial charge in [0.2, 0.25) is 0 Å². The van der Waals surface area contributed by atoms with Crippen molar-refractivity contribution in [2.24, 2.45) is 7.05 Å². The first-order chi connectivity index (χ1) is 7.55. The van der Waals surface area contributed by atoms with Gasteiger partial charge in [-0.1, -0.05) is 0 Å². The molecule has 0 fully saturated rings. The van der Waals surface area contributed by atoms with Crippen LogP contribution in [-0.2, 0) is 11.8 Å². The number of rotatable bonds is 1. The minimum absolute atomic E-state index is 0.0903. The number of nitrogen functional groups attached to an aromatic ring is 1. The minimum atomic E-state index is -5.08. The molecule has 11 heteroatoms. The Kier molecular flexibility index (Phi) is 4.43. The number of carboxylic acids is 1. The second kappa shape index (κ2) is 5.14. The van der Waals surface area contributed by atoms with Gasteiger partial charge in [0.15, 0.2) is 5.69 Å². The first kappa shape index (κ1) is 14.7. The van der Waals surface area contributed by atoms with Crippen LogP contribution in [0, 0.1) is 10.1 Å². The van der Waals surface area contributed by atoms with Crippen LogP contribution in [0.15, 0.2) is 6.20 Å². The Labute approximate surface area is 91.6 Å². The highest BCUT2D eigenvalue weighted by molar-refractivity contribution is 5.73. The maximum Gasteiger partial charge on any atom is 0.490 e. The van der Waals surface area contributed by atoms with Gasteiger partial charge in [-0.3, -0.25) is 0 Å². The quantitative estimate of drug-likeness (QED) is 0.558. The molecule has 0 bridgehead atoms. The molecule has 0 saturated heterocycles. The van der Waals surface area contributed by atoms with E-state index in [4.69, 9.17) is 15.6 Å². The van der Waals surface area contributed by atoms with Crippen molar-refractivity contribution >= 4 is 17.5 Å². The highest BCUT2D eigenvalue weighted by atomic mass is 19.4. The van der Waals surface area contributed by atoms with E-state index in [-0.39, 0.29) is 11.5 Å². The number of hydrogen-bond acceptors (Lipinski definition) is 5. The zero-order chi connectivity index (χ0) is 13.8. The molecule has 96 valence electrons. The van der Waals surface area contributed by atoms with E-state index in [0.717, 1.165) is 0 Å². The summed E-state index contributed by atoms with van der Waals surface area (Å²) in [6.07, 6.45) is -3.70. The van der Waals surface area contributed by atoms with Gasteiger partial charge in [0, 0.05) is 0 Å². The monoisotopic (exact) mass is 256 g/mol. The number of anilines is 1. The summed E-state index contributed by atoms with van der Waals surface area (Å²) in [6, 6.07) is 0. The zero-order valence-corrected chi connectivity index (χ0v) is 8.30. The number of nitrogens with zero attached hydrogens (tertiary/aromatic N) is 3. The van der Waals surface area contributed by atoms with Gasteiger partial charge in [0.25, 0.3) is 0 Å². The normalized spacial score (nSPS) is 10.4. The number of carboxylic acid groups (broad SMARTS) is 1. The van der Waals surface area contributed by atoms with Crippen LogP contribution in [0.1, 0.15) is 0 Å². The van der Waals surface area contributed by atoms with Crippen molar-refractivity contribution in [2.75, 3.05) is 5.73 Å². The SMILES string of the molecule is Cn1cc(N)c([N+](=O)[O-])n1.O=C(O)C(F)(F)F. The Morgan fingerprint density at radius 3 is 2.18 bits per heavy atom. The summed E-state index contributed by atoms with van der Waals surface area (Å²) in [4.78, 5) is 18.4. The minimum Gasteiger partial charge on any atom is -0.475 e. The van der Waals surface area contributed by atoms with Crippen LogP contribution in [0.5, 0.6) is 0 Å². The van der Waals surface area contributed by atoms with E-state index in [1.807, 2.05) is 0 Å². The van der Waals surface area contributed by atoms with Crippen molar-refractivity contribution in [3.05, 3.63) is 16.3 Å². The van der Waals surface area contributed by atoms with Crippen LogP contribution in [0.4, 0.5) is 24.7 Å². The van der Waals surface area contributed by atoms with Crippen LogP contribution >= 0.6 is 0 Å². The summed E-state index contributed by atoms with van der Waals surface area (Å²) in [7, 11) is 1.57. The van der Waals surface area contributed by atoms with Crippen LogP contribution in [-0.4, -0.2) is 32.0 Å². The summed E-state index contributed by atoms with van der Waals surface area (Å²) in [5, 5.41) is 20.7. The zero-order valence-electron chi connectivity index (χ0n) is 8.30. The smallest absolute Gasteiger partial charge is 0.475 e. The molecular weight excluding hydrogens is 249 g/mol. The number of alkyl halides is 3. The lowest BCUT2D eigenvalue weighted by molar-refractivity contribution is -0.388. The first-order valence-corrected chi connectivity index (χ1v) is 3.79. The van der Waals surface area contributed by atoms with Crippen molar-refractivity contribution in [3.63, 3.8) is 0 Å². The molecule has 3 N–H and O–H groups in total. The highest BCUT2D eigenvalue weighted by Crippen LogP contribution is 2.16. The van der Waals surface area contributed by atoms with Crippen molar-refractivity contribution in [1.29, 1.82) is 0 Å². The van der Waals surface area contributed by atoms with E-state index in [9.17, 15) is 23.3 Å². The summed E-state index contributed by atoms with van der Waals surface area (Å²) in [5.74, 6) is -3.05. The molecule has 1 heterocycles. The Morgan fingerprint density at radius 1 is 1.65 bits per heavy atom. The number of halogens is 3. The molecule has 0 unspecified atom stereocenters. The molecular formula is C6H7F3N4O4. The van der Waals surface area contributed by atoms with Gasteiger partial charge >= 0.3 is 18.0 Å². The fourth-order valence-electron chi connectivity index (χ4n) is 0.637. The predicted octanol–water partition coefficient (Wildman–Crippen LogP) is 0.544. The second-order valence-corrected chi connectivity index (χ2v) is 2.64. The fourth-order valence-corrected chi connectivity index (χ4v) is 0.637. The summed E-state index contributed by atoms with van der Waals surface area (Å²) in [5.41, 5.74) is 5.31. The molecule has 0 saturated carbocycles. The maximum atomic E-state index is 10.6. The maximum absolute atomic E-state index is 10.6. The lowest BCUT2D eigenvalue weighted by Gasteiger charge is -1.93. The topological polar surface area (TPSA) is 124 Å². The summed E-state index contributed by atoms with van der Waals surface area (Å²) < 4.78 is 33.0. The number of aryl methyl sites for hydroxylation is 1. The number of hydrogen-bond donors (Lipinski definition) is 2. The average Bonchev–Trinajstić information content (AvgIpc) is 2.44. The van der Waals surface area contributed by atoms with Crippen molar-refractivity contribution < 1.29 is 28.0 Å². The number of nitrogens with two attached hydrogens (primary N) is 1. The molecule has 17 heavy (non-hydrogen) atoms. The molecule has 0 aliphatic heterocycles. The molecule has 0 spiro atoms. The summed E-state index contributed by atoms with van der Waals surface area (Å²) in [6.45, 7) is 0. The lowest BCUT2D eigenvalue weighted by atomic mass is 10.5. The van der Waals surface area contributed by atoms with E-state index in [1.165, 1.54) is 10.9 Å². The Bertz CT molecular complexity index is 427. The second-order valence-electron chi connectivity index (χ2n) is 2.64. The van der Waals surface area contributed by atoms with Gasteiger partial charge in [-0.2, -0.15) is 17.9 Å². The van der Waals surface area contributed by atoms with Gasteiger partial charge in [0.1, 0.15) is 0 Å². The van der Waals surface area contributed by atoms with Crippen LogP contribution in [0.25, 0.3) is 0 Å². The van der Waals surface area contributed by atoms with Gasteiger partial charge in [-0.05, 0) is 4.92 Å². The van der Waals surface area contributed by atoms with Crippen LogP contribution < -0.4 is 5.73 Å². The third-order valence-electron chi connectivity index (χ3n) is 1.25. The lowest BCUT2D eigenvalue weighted by Crippen LogP contribution is -2.21. The van der Waals surface area contributed by atoms with E-state index < -0.39 is 17.1 Å². The van der Waals surface area contributed by atoms with Gasteiger partial charge in [-0.15, -0.1) is 0 Å². The molecule has 0 aliphatic carbocycles.